The lowest BCUT2D eigenvalue weighted by atomic mass is 9.99. The van der Waals surface area contributed by atoms with E-state index in [1.165, 1.54) is 295 Å². The third-order valence-electron chi connectivity index (χ3n) is 21.3. The van der Waals surface area contributed by atoms with Crippen molar-refractivity contribution in [3.63, 3.8) is 0 Å². The quantitative estimate of drug-likeness (QED) is 0.0222. The monoisotopic (exact) mass is 1580 g/mol. The fourth-order valence-electron chi connectivity index (χ4n) is 13.9. The molecule has 0 amide bonds. The topological polar surface area (TPSA) is 237 Å². The highest BCUT2D eigenvalue weighted by atomic mass is 31.2. The molecule has 0 aromatic carbocycles. The molecule has 3 unspecified atom stereocenters. The Kier molecular flexibility index (Phi) is 78.8. The minimum Gasteiger partial charge on any atom is -0.462 e. The largest absolute Gasteiger partial charge is 0.472 e. The average molecular weight is 1580 g/mol. The molecular formula is C89H174O17P2. The smallest absolute Gasteiger partial charge is 0.462 e. The number of hydrogen-bond acceptors (Lipinski definition) is 15. The molecule has 0 fully saturated rings. The van der Waals surface area contributed by atoms with Crippen molar-refractivity contribution >= 4 is 39.5 Å². The van der Waals surface area contributed by atoms with Gasteiger partial charge in [0.05, 0.1) is 26.4 Å². The van der Waals surface area contributed by atoms with Gasteiger partial charge >= 0.3 is 39.5 Å². The van der Waals surface area contributed by atoms with Crippen molar-refractivity contribution in [1.82, 2.24) is 0 Å². The molecule has 6 atom stereocenters. The van der Waals surface area contributed by atoms with Gasteiger partial charge in [-0.2, -0.15) is 0 Å². The van der Waals surface area contributed by atoms with Crippen molar-refractivity contribution in [2.75, 3.05) is 39.6 Å². The lowest BCUT2D eigenvalue weighted by Crippen LogP contribution is -2.30. The van der Waals surface area contributed by atoms with Crippen LogP contribution in [0, 0.1) is 11.8 Å². The van der Waals surface area contributed by atoms with Crippen LogP contribution in [-0.4, -0.2) is 96.7 Å². The Labute approximate surface area is 664 Å². The Bertz CT molecular complexity index is 2070. The number of hydrogen-bond donors (Lipinski definition) is 3. The van der Waals surface area contributed by atoms with Gasteiger partial charge in [0.15, 0.2) is 12.2 Å². The number of esters is 4. The zero-order chi connectivity index (χ0) is 79.2. The predicted molar refractivity (Wildman–Crippen MR) is 446 cm³/mol. The zero-order valence-corrected chi connectivity index (χ0v) is 73.0. The molecule has 0 rings (SSSR count). The van der Waals surface area contributed by atoms with Crippen molar-refractivity contribution in [2.24, 2.45) is 11.8 Å². The molecule has 3 N–H and O–H groups in total. The summed E-state index contributed by atoms with van der Waals surface area (Å²) in [5.41, 5.74) is 0. The maximum absolute atomic E-state index is 13.2. The summed E-state index contributed by atoms with van der Waals surface area (Å²) in [4.78, 5) is 73.4. The normalized spacial score (nSPS) is 14.0. The number of rotatable bonds is 88. The lowest BCUT2D eigenvalue weighted by molar-refractivity contribution is -0.161. The minimum atomic E-state index is -4.97. The van der Waals surface area contributed by atoms with E-state index >= 15 is 0 Å². The summed E-state index contributed by atoms with van der Waals surface area (Å²) in [5, 5.41) is 10.7. The highest BCUT2D eigenvalue weighted by Crippen LogP contribution is 2.45. The number of aliphatic hydroxyl groups is 1. The van der Waals surface area contributed by atoms with Crippen LogP contribution in [0.25, 0.3) is 0 Å². The molecular weight excluding hydrogens is 1400 g/mol. The zero-order valence-electron chi connectivity index (χ0n) is 71.2. The molecule has 0 bridgehead atoms. The van der Waals surface area contributed by atoms with Crippen LogP contribution in [0.5, 0.6) is 0 Å². The summed E-state index contributed by atoms with van der Waals surface area (Å²) in [6, 6.07) is 0. The van der Waals surface area contributed by atoms with Crippen LogP contribution in [0.4, 0.5) is 0 Å². The molecule has 108 heavy (non-hydrogen) atoms. The Hall–Kier alpha value is -1.94. The molecule has 0 aromatic rings. The van der Waals surface area contributed by atoms with Gasteiger partial charge in [0.25, 0.3) is 0 Å². The van der Waals surface area contributed by atoms with Gasteiger partial charge in [-0.1, -0.05) is 427 Å². The number of ether oxygens (including phenoxy) is 4. The number of phosphoric acid groups is 2. The molecule has 642 valence electrons. The van der Waals surface area contributed by atoms with Gasteiger partial charge in [0.1, 0.15) is 19.3 Å². The molecule has 0 aliphatic rings. The predicted octanol–water partition coefficient (Wildman–Crippen LogP) is 27.4. The molecule has 0 saturated carbocycles. The van der Waals surface area contributed by atoms with Gasteiger partial charge in [-0.05, 0) is 37.5 Å². The molecule has 0 aromatic heterocycles. The van der Waals surface area contributed by atoms with E-state index < -0.39 is 97.5 Å². The van der Waals surface area contributed by atoms with Crippen molar-refractivity contribution < 1.29 is 80.2 Å². The maximum Gasteiger partial charge on any atom is 0.472 e. The van der Waals surface area contributed by atoms with E-state index in [9.17, 15) is 43.2 Å². The van der Waals surface area contributed by atoms with Gasteiger partial charge in [-0.3, -0.25) is 37.3 Å². The van der Waals surface area contributed by atoms with Gasteiger partial charge in [-0.15, -0.1) is 0 Å². The van der Waals surface area contributed by atoms with Crippen LogP contribution in [-0.2, 0) is 65.4 Å². The SMILES string of the molecule is CCCCCCCCCCCCCCCCCCCCCCCC(=O)O[C@H](COC(=O)CCCCCCCCCCCCCCCCCCCCCC)COP(=O)(O)OC[C@@H](O)COP(=O)(O)OC[C@@H](COC(=O)CCCCCCCCCCCCC(C)C)OC(=O)CCCCCCCCCCCCC(C)CC. The Morgan fingerprint density at radius 2 is 0.472 bits per heavy atom. The molecule has 0 spiro atoms. The fourth-order valence-corrected chi connectivity index (χ4v) is 15.5. The van der Waals surface area contributed by atoms with E-state index in [0.717, 1.165) is 102 Å². The molecule has 0 radical (unpaired) electrons. The molecule has 0 heterocycles. The van der Waals surface area contributed by atoms with Crippen LogP contribution in [0.3, 0.4) is 0 Å². The summed E-state index contributed by atoms with van der Waals surface area (Å²) in [6.07, 6.45) is 73.7. The number of carbonyl (C=O) groups excluding carboxylic acids is 4. The first-order chi connectivity index (χ1) is 52.4. The first-order valence-corrected chi connectivity index (χ1v) is 49.0. The second-order valence-electron chi connectivity index (χ2n) is 32.7. The van der Waals surface area contributed by atoms with Crippen LogP contribution in [0.1, 0.15) is 478 Å². The van der Waals surface area contributed by atoms with E-state index in [1.54, 1.807) is 0 Å². The number of carbonyl (C=O) groups is 4. The second kappa shape index (κ2) is 80.3. The van der Waals surface area contributed by atoms with Crippen LogP contribution >= 0.6 is 15.6 Å². The molecule has 0 saturated heterocycles. The number of unbranched alkanes of at least 4 members (excludes halogenated alkanes) is 57. The maximum atomic E-state index is 13.2. The third-order valence-corrected chi connectivity index (χ3v) is 23.2. The Morgan fingerprint density at radius 3 is 0.704 bits per heavy atom. The summed E-state index contributed by atoms with van der Waals surface area (Å²) >= 11 is 0. The first-order valence-electron chi connectivity index (χ1n) is 46.0. The summed E-state index contributed by atoms with van der Waals surface area (Å²) in [6.45, 7) is 9.70. The van der Waals surface area contributed by atoms with Crippen LogP contribution < -0.4 is 0 Å². The van der Waals surface area contributed by atoms with E-state index in [1.807, 2.05) is 0 Å². The highest BCUT2D eigenvalue weighted by molar-refractivity contribution is 7.47. The Morgan fingerprint density at radius 1 is 0.269 bits per heavy atom. The fraction of sp³-hybridized carbons (Fsp3) is 0.955. The van der Waals surface area contributed by atoms with E-state index in [0.29, 0.717) is 25.7 Å². The van der Waals surface area contributed by atoms with Gasteiger partial charge in [0, 0.05) is 25.7 Å². The molecule has 0 aliphatic carbocycles. The minimum absolute atomic E-state index is 0.106. The summed E-state index contributed by atoms with van der Waals surface area (Å²) in [5.74, 6) is -0.538. The van der Waals surface area contributed by atoms with Crippen molar-refractivity contribution in [2.45, 2.75) is 496 Å². The van der Waals surface area contributed by atoms with E-state index in [4.69, 9.17) is 37.0 Å². The van der Waals surface area contributed by atoms with Gasteiger partial charge in [-0.25, -0.2) is 9.13 Å². The lowest BCUT2D eigenvalue weighted by Gasteiger charge is -2.21. The van der Waals surface area contributed by atoms with Gasteiger partial charge in [0.2, 0.25) is 0 Å². The Balaban J connectivity index is 5.25. The van der Waals surface area contributed by atoms with Crippen molar-refractivity contribution in [1.29, 1.82) is 0 Å². The first kappa shape index (κ1) is 106. The average Bonchev–Trinajstić information content (AvgIpc) is 0.899. The van der Waals surface area contributed by atoms with Crippen molar-refractivity contribution in [3.05, 3.63) is 0 Å². The van der Waals surface area contributed by atoms with Gasteiger partial charge < -0.3 is 33.8 Å². The standard InChI is InChI=1S/C89H174O17P2/c1-7-10-12-14-16-18-20-22-24-26-28-30-32-34-36-38-40-49-55-61-67-73-88(93)105-84(77-99-86(91)71-65-59-53-47-39-37-35-33-31-29-27-25-23-21-19-17-15-13-11-8-2)79-103-107(95,96)101-75-83(90)76-102-108(97,98)104-80-85(78-100-87(92)72-66-60-54-48-43-41-45-51-57-63-69-81(4)5)106-89(94)74-68-62-56-50-44-42-46-52-58-64-70-82(6)9-3/h81-85,90H,7-80H2,1-6H3,(H,95,96)(H,97,98)/t82?,83-,84-,85-/m1/s1. The molecule has 17 nitrogen and oxygen atoms in total. The molecule has 0 aliphatic heterocycles. The van der Waals surface area contributed by atoms with Crippen LogP contribution in [0.15, 0.2) is 0 Å². The van der Waals surface area contributed by atoms with Crippen molar-refractivity contribution in [3.8, 4) is 0 Å². The summed E-state index contributed by atoms with van der Waals surface area (Å²) in [7, 11) is -9.93. The number of phosphoric ester groups is 2. The second-order valence-corrected chi connectivity index (χ2v) is 35.6. The number of aliphatic hydroxyl groups excluding tert-OH is 1. The van der Waals surface area contributed by atoms with E-state index in [-0.39, 0.29) is 25.7 Å². The third kappa shape index (κ3) is 80.7. The summed E-state index contributed by atoms with van der Waals surface area (Å²) < 4.78 is 69.0. The van der Waals surface area contributed by atoms with Crippen LogP contribution in [0.2, 0.25) is 0 Å². The molecule has 19 heteroatoms. The highest BCUT2D eigenvalue weighted by Gasteiger charge is 2.31. The van der Waals surface area contributed by atoms with E-state index in [2.05, 4.69) is 41.5 Å².